The third kappa shape index (κ3) is 4.48. The van der Waals surface area contributed by atoms with Crippen molar-refractivity contribution in [1.82, 2.24) is 0 Å². The van der Waals surface area contributed by atoms with E-state index in [1.807, 2.05) is 37.4 Å². The SMILES string of the molecule is CSc1cccc(NC(=O)c2ccc3c(c2)CCCN3S(=O)(=O)c2ccc(C)cc2)c1. The Bertz CT molecular complexity index is 1220. The number of anilines is 2. The molecule has 160 valence electrons. The van der Waals surface area contributed by atoms with Crippen molar-refractivity contribution in [2.75, 3.05) is 22.4 Å². The van der Waals surface area contributed by atoms with E-state index in [0.717, 1.165) is 28.1 Å². The molecule has 0 aliphatic carbocycles. The van der Waals surface area contributed by atoms with Crippen molar-refractivity contribution in [3.8, 4) is 0 Å². The molecule has 5 nitrogen and oxygen atoms in total. The Balaban J connectivity index is 1.61. The second-order valence-corrected chi connectivity index (χ2v) is 10.3. The van der Waals surface area contributed by atoms with E-state index in [1.54, 1.807) is 54.2 Å². The molecule has 3 aromatic carbocycles. The number of amides is 1. The summed E-state index contributed by atoms with van der Waals surface area (Å²) in [6.45, 7) is 2.35. The van der Waals surface area contributed by atoms with Crippen LogP contribution in [-0.2, 0) is 16.4 Å². The molecule has 0 radical (unpaired) electrons. The van der Waals surface area contributed by atoms with Crippen LogP contribution < -0.4 is 9.62 Å². The Hall–Kier alpha value is -2.77. The largest absolute Gasteiger partial charge is 0.322 e. The number of hydrogen-bond donors (Lipinski definition) is 1. The number of rotatable bonds is 5. The van der Waals surface area contributed by atoms with Crippen LogP contribution in [0.25, 0.3) is 0 Å². The van der Waals surface area contributed by atoms with E-state index in [1.165, 1.54) is 4.31 Å². The first-order valence-corrected chi connectivity index (χ1v) is 12.7. The third-order valence-electron chi connectivity index (χ3n) is 5.35. The number of carbonyl (C=O) groups excluding carboxylic acids is 1. The maximum absolute atomic E-state index is 13.2. The molecule has 1 aliphatic rings. The molecule has 3 aromatic rings. The average Bonchev–Trinajstić information content (AvgIpc) is 2.78. The van der Waals surface area contributed by atoms with Gasteiger partial charge in [0, 0.05) is 22.7 Å². The molecule has 1 heterocycles. The van der Waals surface area contributed by atoms with Crippen LogP contribution in [0.4, 0.5) is 11.4 Å². The van der Waals surface area contributed by atoms with Gasteiger partial charge in [-0.15, -0.1) is 11.8 Å². The van der Waals surface area contributed by atoms with Crippen LogP contribution in [0, 0.1) is 6.92 Å². The predicted molar refractivity (Wildman–Crippen MR) is 127 cm³/mol. The van der Waals surface area contributed by atoms with Crippen LogP contribution in [0.3, 0.4) is 0 Å². The maximum atomic E-state index is 13.2. The molecular formula is C24H24N2O3S2. The van der Waals surface area contributed by atoms with E-state index in [-0.39, 0.29) is 10.8 Å². The molecule has 0 bridgehead atoms. The number of hydrogen-bond acceptors (Lipinski definition) is 4. The Kier molecular flexibility index (Phi) is 6.07. The van der Waals surface area contributed by atoms with Gasteiger partial charge >= 0.3 is 0 Å². The van der Waals surface area contributed by atoms with Gasteiger partial charge in [0.15, 0.2) is 0 Å². The molecule has 0 saturated heterocycles. The highest BCUT2D eigenvalue weighted by Gasteiger charge is 2.29. The zero-order valence-electron chi connectivity index (χ0n) is 17.5. The number of thioether (sulfide) groups is 1. The standard InChI is InChI=1S/C24H24N2O3S2/c1-17-8-11-22(12-9-17)31(28,29)26-14-4-5-18-15-19(10-13-23(18)26)24(27)25-20-6-3-7-21(16-20)30-2/h3,6-13,15-16H,4-5,14H2,1-2H3,(H,25,27). The highest BCUT2D eigenvalue weighted by Crippen LogP contribution is 2.33. The molecule has 0 saturated carbocycles. The highest BCUT2D eigenvalue weighted by molar-refractivity contribution is 7.98. The van der Waals surface area contributed by atoms with E-state index in [9.17, 15) is 13.2 Å². The molecular weight excluding hydrogens is 428 g/mol. The van der Waals surface area contributed by atoms with Gasteiger partial charge in [-0.2, -0.15) is 0 Å². The fourth-order valence-corrected chi connectivity index (χ4v) is 5.70. The van der Waals surface area contributed by atoms with Gasteiger partial charge in [0.2, 0.25) is 0 Å². The van der Waals surface area contributed by atoms with Gasteiger partial charge in [-0.25, -0.2) is 8.42 Å². The van der Waals surface area contributed by atoms with Gasteiger partial charge < -0.3 is 5.32 Å². The monoisotopic (exact) mass is 452 g/mol. The number of nitrogens with one attached hydrogen (secondary N) is 1. The Labute approximate surface area is 187 Å². The van der Waals surface area contributed by atoms with Gasteiger partial charge in [-0.05, 0) is 80.1 Å². The van der Waals surface area contributed by atoms with Crippen LogP contribution >= 0.6 is 11.8 Å². The summed E-state index contributed by atoms with van der Waals surface area (Å²) in [7, 11) is -3.65. The van der Waals surface area contributed by atoms with Crippen molar-refractivity contribution in [2.24, 2.45) is 0 Å². The van der Waals surface area contributed by atoms with Crippen LogP contribution in [0.5, 0.6) is 0 Å². The summed E-state index contributed by atoms with van der Waals surface area (Å²) in [6, 6.07) is 19.8. The van der Waals surface area contributed by atoms with Crippen molar-refractivity contribution in [2.45, 2.75) is 29.6 Å². The van der Waals surface area contributed by atoms with Crippen LogP contribution in [-0.4, -0.2) is 27.1 Å². The summed E-state index contributed by atoms with van der Waals surface area (Å²) >= 11 is 1.61. The maximum Gasteiger partial charge on any atom is 0.264 e. The molecule has 4 rings (SSSR count). The van der Waals surface area contributed by atoms with Crippen molar-refractivity contribution in [3.05, 3.63) is 83.4 Å². The summed E-state index contributed by atoms with van der Waals surface area (Å²) in [5.41, 5.74) is 3.78. The molecule has 0 atom stereocenters. The number of sulfonamides is 1. The minimum Gasteiger partial charge on any atom is -0.322 e. The quantitative estimate of drug-likeness (QED) is 0.546. The molecule has 0 fully saturated rings. The summed E-state index contributed by atoms with van der Waals surface area (Å²) in [6.07, 6.45) is 3.43. The molecule has 1 aliphatic heterocycles. The fraction of sp³-hybridized carbons (Fsp3) is 0.208. The van der Waals surface area contributed by atoms with Gasteiger partial charge in [-0.3, -0.25) is 9.10 Å². The van der Waals surface area contributed by atoms with Gasteiger partial charge in [0.05, 0.1) is 10.6 Å². The first-order chi connectivity index (χ1) is 14.9. The molecule has 0 spiro atoms. The fourth-order valence-electron chi connectivity index (χ4n) is 3.70. The second kappa shape index (κ2) is 8.77. The highest BCUT2D eigenvalue weighted by atomic mass is 32.2. The number of fused-ring (bicyclic) bond motifs is 1. The van der Waals surface area contributed by atoms with Crippen molar-refractivity contribution in [3.63, 3.8) is 0 Å². The molecule has 1 amide bonds. The Morgan fingerprint density at radius 1 is 1.03 bits per heavy atom. The Morgan fingerprint density at radius 2 is 1.81 bits per heavy atom. The minimum atomic E-state index is -3.65. The number of carbonyl (C=O) groups is 1. The van der Waals surface area contributed by atoms with Crippen LogP contribution in [0.15, 0.2) is 76.5 Å². The number of benzene rings is 3. The molecule has 0 unspecified atom stereocenters. The lowest BCUT2D eigenvalue weighted by Crippen LogP contribution is -2.35. The van der Waals surface area contributed by atoms with Crippen molar-refractivity contribution < 1.29 is 13.2 Å². The van der Waals surface area contributed by atoms with E-state index in [2.05, 4.69) is 5.32 Å². The molecule has 7 heteroatoms. The lowest BCUT2D eigenvalue weighted by atomic mass is 10.0. The molecule has 1 N–H and O–H groups in total. The molecule has 0 aromatic heterocycles. The average molecular weight is 453 g/mol. The first-order valence-electron chi connectivity index (χ1n) is 10.1. The predicted octanol–water partition coefficient (Wildman–Crippen LogP) is 5.11. The van der Waals surface area contributed by atoms with Gasteiger partial charge in [0.25, 0.3) is 15.9 Å². The van der Waals surface area contributed by atoms with E-state index < -0.39 is 10.0 Å². The van der Waals surface area contributed by atoms with Crippen LogP contribution in [0.1, 0.15) is 27.9 Å². The zero-order valence-corrected chi connectivity index (χ0v) is 19.1. The lowest BCUT2D eigenvalue weighted by molar-refractivity contribution is 0.102. The number of nitrogens with zero attached hydrogens (tertiary/aromatic N) is 1. The third-order valence-corrected chi connectivity index (χ3v) is 7.91. The lowest BCUT2D eigenvalue weighted by Gasteiger charge is -2.30. The van der Waals surface area contributed by atoms with Gasteiger partial charge in [-0.1, -0.05) is 23.8 Å². The number of aryl methyl sites for hydroxylation is 2. The van der Waals surface area contributed by atoms with Gasteiger partial charge in [0.1, 0.15) is 0 Å². The Morgan fingerprint density at radius 3 is 2.55 bits per heavy atom. The van der Waals surface area contributed by atoms with Crippen molar-refractivity contribution >= 4 is 39.1 Å². The smallest absolute Gasteiger partial charge is 0.264 e. The summed E-state index contributed by atoms with van der Waals surface area (Å²) in [4.78, 5) is 14.1. The van der Waals surface area contributed by atoms with E-state index in [0.29, 0.717) is 24.2 Å². The normalized spacial score (nSPS) is 13.5. The van der Waals surface area contributed by atoms with E-state index >= 15 is 0 Å². The summed E-state index contributed by atoms with van der Waals surface area (Å²) < 4.78 is 27.9. The minimum absolute atomic E-state index is 0.209. The second-order valence-electron chi connectivity index (χ2n) is 7.52. The topological polar surface area (TPSA) is 66.5 Å². The zero-order chi connectivity index (χ0) is 22.0. The summed E-state index contributed by atoms with van der Waals surface area (Å²) in [5.74, 6) is -0.209. The van der Waals surface area contributed by atoms with E-state index in [4.69, 9.17) is 0 Å². The summed E-state index contributed by atoms with van der Waals surface area (Å²) in [5, 5.41) is 2.93. The molecule has 31 heavy (non-hydrogen) atoms. The first kappa shape index (κ1) is 21.5. The van der Waals surface area contributed by atoms with Crippen molar-refractivity contribution in [1.29, 1.82) is 0 Å². The van der Waals surface area contributed by atoms with Crippen LogP contribution in [0.2, 0.25) is 0 Å².